The maximum Gasteiger partial charge on any atom is 0.255 e. The Labute approximate surface area is 187 Å². The molecule has 3 aliphatic rings. The molecule has 164 valence electrons. The molecule has 0 radical (unpaired) electrons. The van der Waals surface area contributed by atoms with Crippen molar-refractivity contribution >= 4 is 17.2 Å². The van der Waals surface area contributed by atoms with Crippen molar-refractivity contribution in [2.75, 3.05) is 19.6 Å². The molecule has 0 bridgehead atoms. The molecule has 0 spiro atoms. The third-order valence-corrected chi connectivity index (χ3v) is 7.72. The Morgan fingerprint density at radius 2 is 2.19 bits per heavy atom. The first-order valence-electron chi connectivity index (χ1n) is 11.5. The molecule has 1 N–H and O–H groups in total. The zero-order chi connectivity index (χ0) is 21.2. The molecule has 2 aromatic rings. The SMILES string of the molecule is O=C([C@@H]1CC=CCC1)N1CCC[C@@H](c2nc3c(c(=O)[nH]2)CN(Cc2cccs2)CC3)C1. The number of thiophene rings is 1. The fourth-order valence-electron chi connectivity index (χ4n) is 5.13. The number of carbonyl (C=O) groups excluding carboxylic acids is 1. The Hall–Kier alpha value is -2.25. The molecule has 1 saturated heterocycles. The number of aromatic amines is 1. The molecule has 1 fully saturated rings. The van der Waals surface area contributed by atoms with Gasteiger partial charge in [0.1, 0.15) is 5.82 Å². The van der Waals surface area contributed by atoms with Crippen LogP contribution in [0.2, 0.25) is 0 Å². The van der Waals surface area contributed by atoms with E-state index >= 15 is 0 Å². The van der Waals surface area contributed by atoms with Gasteiger partial charge in [-0.2, -0.15) is 0 Å². The van der Waals surface area contributed by atoms with E-state index in [-0.39, 0.29) is 23.3 Å². The number of aromatic nitrogens is 2. The van der Waals surface area contributed by atoms with Gasteiger partial charge >= 0.3 is 0 Å². The van der Waals surface area contributed by atoms with E-state index in [2.05, 4.69) is 39.5 Å². The highest BCUT2D eigenvalue weighted by Crippen LogP contribution is 2.29. The van der Waals surface area contributed by atoms with Crippen LogP contribution >= 0.6 is 11.3 Å². The smallest absolute Gasteiger partial charge is 0.255 e. The van der Waals surface area contributed by atoms with Crippen molar-refractivity contribution in [1.82, 2.24) is 19.8 Å². The van der Waals surface area contributed by atoms with Crippen molar-refractivity contribution in [3.8, 4) is 0 Å². The highest BCUT2D eigenvalue weighted by atomic mass is 32.1. The molecule has 6 nitrogen and oxygen atoms in total. The van der Waals surface area contributed by atoms with E-state index in [9.17, 15) is 9.59 Å². The maximum atomic E-state index is 13.0. The summed E-state index contributed by atoms with van der Waals surface area (Å²) in [6.07, 6.45) is 9.86. The van der Waals surface area contributed by atoms with Gasteiger partial charge in [-0.3, -0.25) is 14.5 Å². The van der Waals surface area contributed by atoms with E-state index in [1.165, 1.54) is 4.88 Å². The van der Waals surface area contributed by atoms with E-state index < -0.39 is 0 Å². The minimum absolute atomic E-state index is 0.00301. The highest BCUT2D eigenvalue weighted by molar-refractivity contribution is 7.09. The lowest BCUT2D eigenvalue weighted by Gasteiger charge is -2.35. The number of fused-ring (bicyclic) bond motifs is 1. The van der Waals surface area contributed by atoms with Gasteiger partial charge in [0, 0.05) is 55.9 Å². The summed E-state index contributed by atoms with van der Waals surface area (Å²) in [5, 5.41) is 2.09. The second kappa shape index (κ2) is 9.09. The Morgan fingerprint density at radius 3 is 3.00 bits per heavy atom. The number of amides is 1. The molecular weight excluding hydrogens is 408 g/mol. The molecule has 31 heavy (non-hydrogen) atoms. The number of likely N-dealkylation sites (tertiary alicyclic amines) is 1. The van der Waals surface area contributed by atoms with Crippen molar-refractivity contribution in [2.24, 2.45) is 5.92 Å². The van der Waals surface area contributed by atoms with Gasteiger partial charge in [0.2, 0.25) is 5.91 Å². The molecule has 2 aliphatic heterocycles. The number of nitrogens with zero attached hydrogens (tertiary/aromatic N) is 3. The van der Waals surface area contributed by atoms with Gasteiger partial charge in [-0.25, -0.2) is 4.98 Å². The van der Waals surface area contributed by atoms with E-state index in [4.69, 9.17) is 4.98 Å². The lowest BCUT2D eigenvalue weighted by molar-refractivity contribution is -0.137. The van der Waals surface area contributed by atoms with Crippen LogP contribution in [0.25, 0.3) is 0 Å². The van der Waals surface area contributed by atoms with Gasteiger partial charge in [0.25, 0.3) is 5.56 Å². The van der Waals surface area contributed by atoms with Crippen LogP contribution in [-0.4, -0.2) is 45.3 Å². The third kappa shape index (κ3) is 4.53. The normalized spacial score (nSPS) is 24.2. The van der Waals surface area contributed by atoms with Crippen molar-refractivity contribution < 1.29 is 4.79 Å². The van der Waals surface area contributed by atoms with Crippen LogP contribution in [0.4, 0.5) is 0 Å². The highest BCUT2D eigenvalue weighted by Gasteiger charge is 2.31. The molecule has 7 heteroatoms. The van der Waals surface area contributed by atoms with Gasteiger partial charge in [0.15, 0.2) is 0 Å². The van der Waals surface area contributed by atoms with Crippen LogP contribution in [0.3, 0.4) is 0 Å². The average Bonchev–Trinajstić information content (AvgIpc) is 3.32. The lowest BCUT2D eigenvalue weighted by atomic mass is 9.90. The predicted octanol–water partition coefficient (Wildman–Crippen LogP) is 3.45. The summed E-state index contributed by atoms with van der Waals surface area (Å²) >= 11 is 1.76. The number of hydrogen-bond donors (Lipinski definition) is 1. The number of H-pyrrole nitrogens is 1. The first-order chi connectivity index (χ1) is 15.2. The van der Waals surface area contributed by atoms with Gasteiger partial charge in [-0.05, 0) is 43.6 Å². The van der Waals surface area contributed by atoms with Crippen LogP contribution in [-0.2, 0) is 24.3 Å². The average molecular weight is 439 g/mol. The Kier molecular flexibility index (Phi) is 6.05. The lowest BCUT2D eigenvalue weighted by Crippen LogP contribution is -2.43. The fourth-order valence-corrected chi connectivity index (χ4v) is 5.87. The standard InChI is InChI=1S/C24H30N4O2S/c29-23-20-16-27(15-19-9-5-13-31-19)12-10-21(20)25-22(26-23)18-8-4-11-28(14-18)24(30)17-6-2-1-3-7-17/h1-2,5,9,13,17-18H,3-4,6-8,10-12,14-16H2,(H,25,26,29)/t17-,18-/m1/s1. The fraction of sp³-hybridized carbons (Fsp3) is 0.542. The van der Waals surface area contributed by atoms with E-state index in [0.29, 0.717) is 13.1 Å². The van der Waals surface area contributed by atoms with Crippen LogP contribution < -0.4 is 5.56 Å². The van der Waals surface area contributed by atoms with Crippen LogP contribution in [0, 0.1) is 5.92 Å². The number of carbonyl (C=O) groups is 1. The summed E-state index contributed by atoms with van der Waals surface area (Å²) in [7, 11) is 0. The molecule has 2 aromatic heterocycles. The maximum absolute atomic E-state index is 13.0. The number of nitrogens with one attached hydrogen (secondary N) is 1. The zero-order valence-corrected chi connectivity index (χ0v) is 18.7. The first kappa shape index (κ1) is 20.6. The molecule has 0 unspecified atom stereocenters. The quantitative estimate of drug-likeness (QED) is 0.743. The summed E-state index contributed by atoms with van der Waals surface area (Å²) in [5.74, 6) is 1.29. The number of piperidine rings is 1. The number of rotatable bonds is 4. The predicted molar refractivity (Wildman–Crippen MR) is 122 cm³/mol. The van der Waals surface area contributed by atoms with Gasteiger partial charge < -0.3 is 9.88 Å². The van der Waals surface area contributed by atoms with E-state index in [1.807, 2.05) is 4.90 Å². The van der Waals surface area contributed by atoms with Gasteiger partial charge in [-0.15, -0.1) is 11.3 Å². The van der Waals surface area contributed by atoms with Crippen molar-refractivity contribution in [3.63, 3.8) is 0 Å². The monoisotopic (exact) mass is 438 g/mol. The van der Waals surface area contributed by atoms with Gasteiger partial charge in [-0.1, -0.05) is 18.2 Å². The van der Waals surface area contributed by atoms with E-state index in [0.717, 1.165) is 75.2 Å². The molecule has 0 saturated carbocycles. The number of hydrogen-bond acceptors (Lipinski definition) is 5. The molecule has 4 heterocycles. The molecule has 2 atom stereocenters. The Balaban J connectivity index is 1.29. The second-order valence-corrected chi connectivity index (χ2v) is 10.1. The molecular formula is C24H30N4O2S. The molecule has 5 rings (SSSR count). The minimum atomic E-state index is -0.00301. The van der Waals surface area contributed by atoms with Crippen molar-refractivity contribution in [3.05, 3.63) is 62.0 Å². The zero-order valence-electron chi connectivity index (χ0n) is 17.9. The summed E-state index contributed by atoms with van der Waals surface area (Å²) < 4.78 is 0. The van der Waals surface area contributed by atoms with Crippen molar-refractivity contribution in [1.29, 1.82) is 0 Å². The van der Waals surface area contributed by atoms with Crippen LogP contribution in [0.1, 0.15) is 60.0 Å². The summed E-state index contributed by atoms with van der Waals surface area (Å²) in [5.41, 5.74) is 1.75. The molecule has 0 aromatic carbocycles. The third-order valence-electron chi connectivity index (χ3n) is 6.86. The first-order valence-corrected chi connectivity index (χ1v) is 12.4. The van der Waals surface area contributed by atoms with Crippen LogP contribution in [0.5, 0.6) is 0 Å². The summed E-state index contributed by atoms with van der Waals surface area (Å²) in [4.78, 5) is 39.6. The summed E-state index contributed by atoms with van der Waals surface area (Å²) in [6.45, 7) is 3.95. The van der Waals surface area contributed by atoms with Crippen LogP contribution in [0.15, 0.2) is 34.5 Å². The van der Waals surface area contributed by atoms with E-state index in [1.54, 1.807) is 11.3 Å². The largest absolute Gasteiger partial charge is 0.342 e. The molecule has 1 amide bonds. The molecule has 1 aliphatic carbocycles. The Morgan fingerprint density at radius 1 is 1.26 bits per heavy atom. The number of allylic oxidation sites excluding steroid dienone is 2. The van der Waals surface area contributed by atoms with Gasteiger partial charge in [0.05, 0.1) is 11.3 Å². The Bertz CT molecular complexity index is 1010. The minimum Gasteiger partial charge on any atom is -0.342 e. The second-order valence-electron chi connectivity index (χ2n) is 9.02. The topological polar surface area (TPSA) is 69.3 Å². The summed E-state index contributed by atoms with van der Waals surface area (Å²) in [6, 6.07) is 4.22. The van der Waals surface area contributed by atoms with Crippen molar-refractivity contribution in [2.45, 2.75) is 57.5 Å².